The van der Waals surface area contributed by atoms with Gasteiger partial charge < -0.3 is 0 Å². The Balaban J connectivity index is 2.29. The lowest BCUT2D eigenvalue weighted by Crippen LogP contribution is -2.03. The summed E-state index contributed by atoms with van der Waals surface area (Å²) in [5, 5.41) is 0.894. The summed E-state index contributed by atoms with van der Waals surface area (Å²) in [6, 6.07) is 13.1. The Hall–Kier alpha value is -0.790. The quantitative estimate of drug-likeness (QED) is 0.593. The van der Waals surface area contributed by atoms with Crippen molar-refractivity contribution < 1.29 is 0 Å². The van der Waals surface area contributed by atoms with Crippen LogP contribution in [0.5, 0.6) is 0 Å². The number of rotatable bonds is 4. The van der Waals surface area contributed by atoms with Crippen molar-refractivity contribution in [2.75, 3.05) is 0 Å². The zero-order valence-electron chi connectivity index (χ0n) is 12.2. The van der Waals surface area contributed by atoms with Crippen LogP contribution in [-0.4, -0.2) is 0 Å². The highest BCUT2D eigenvalue weighted by molar-refractivity contribution is 9.10. The van der Waals surface area contributed by atoms with Gasteiger partial charge in [0.2, 0.25) is 0 Å². The normalized spacial score (nSPS) is 12.4. The van der Waals surface area contributed by atoms with Crippen molar-refractivity contribution in [1.29, 1.82) is 0 Å². The Labute approximate surface area is 135 Å². The lowest BCUT2D eigenvalue weighted by atomic mass is 9.88. The van der Waals surface area contributed by atoms with Crippen molar-refractivity contribution in [1.82, 2.24) is 0 Å². The Morgan fingerprint density at radius 2 is 1.75 bits per heavy atom. The largest absolute Gasteiger partial charge is 0.0838 e. The van der Waals surface area contributed by atoms with Crippen LogP contribution in [0.15, 0.2) is 40.9 Å². The van der Waals surface area contributed by atoms with Gasteiger partial charge in [-0.1, -0.05) is 58.7 Å². The van der Waals surface area contributed by atoms with Crippen LogP contribution in [0.1, 0.15) is 41.5 Å². The smallest absolute Gasteiger partial charge is 0.0464 e. The summed E-state index contributed by atoms with van der Waals surface area (Å²) in [4.78, 5) is 0. The monoisotopic (exact) mass is 350 g/mol. The molecule has 0 aliphatic rings. The van der Waals surface area contributed by atoms with E-state index in [-0.39, 0.29) is 0 Å². The van der Waals surface area contributed by atoms with Gasteiger partial charge in [-0.25, -0.2) is 0 Å². The van der Waals surface area contributed by atoms with Gasteiger partial charge in [0.15, 0.2) is 0 Å². The lowest BCUT2D eigenvalue weighted by molar-refractivity contribution is 0.659. The van der Waals surface area contributed by atoms with Crippen LogP contribution in [0, 0.1) is 13.8 Å². The number of aryl methyl sites for hydroxylation is 2. The maximum Gasteiger partial charge on any atom is 0.0464 e. The third-order valence-electron chi connectivity index (χ3n) is 3.79. The molecule has 0 aliphatic heterocycles. The first-order chi connectivity index (χ1) is 9.51. The maximum atomic E-state index is 6.27. The lowest BCUT2D eigenvalue weighted by Gasteiger charge is -2.18. The van der Waals surface area contributed by atoms with E-state index in [0.717, 1.165) is 22.3 Å². The Bertz CT molecular complexity index is 581. The molecule has 0 nitrogen and oxygen atoms in total. The van der Waals surface area contributed by atoms with Crippen LogP contribution >= 0.6 is 27.5 Å². The van der Waals surface area contributed by atoms with E-state index in [2.05, 4.69) is 73.1 Å². The van der Waals surface area contributed by atoms with Gasteiger partial charge >= 0.3 is 0 Å². The fourth-order valence-corrected chi connectivity index (χ4v) is 3.22. The molecule has 20 heavy (non-hydrogen) atoms. The minimum absolute atomic E-state index is 0.541. The van der Waals surface area contributed by atoms with Crippen molar-refractivity contribution in [3.63, 3.8) is 0 Å². The Morgan fingerprint density at radius 1 is 1.10 bits per heavy atom. The van der Waals surface area contributed by atoms with Gasteiger partial charge in [0.1, 0.15) is 0 Å². The molecule has 0 aliphatic carbocycles. The van der Waals surface area contributed by atoms with Crippen molar-refractivity contribution in [2.24, 2.45) is 0 Å². The van der Waals surface area contributed by atoms with Crippen LogP contribution < -0.4 is 0 Å². The van der Waals surface area contributed by atoms with Crippen molar-refractivity contribution >= 4 is 27.5 Å². The molecule has 1 unspecified atom stereocenters. The molecule has 0 radical (unpaired) electrons. The number of hydrogen-bond donors (Lipinski definition) is 0. The molecule has 0 saturated carbocycles. The highest BCUT2D eigenvalue weighted by Crippen LogP contribution is 2.30. The fourth-order valence-electron chi connectivity index (χ4n) is 2.66. The Kier molecular flexibility index (Phi) is 5.29. The van der Waals surface area contributed by atoms with E-state index in [0.29, 0.717) is 5.92 Å². The molecule has 2 heteroatoms. The van der Waals surface area contributed by atoms with E-state index in [9.17, 15) is 0 Å². The summed E-state index contributed by atoms with van der Waals surface area (Å²) in [5.41, 5.74) is 5.12. The van der Waals surface area contributed by atoms with Gasteiger partial charge in [-0.15, -0.1) is 0 Å². The molecule has 1 atom stereocenters. The van der Waals surface area contributed by atoms with Crippen LogP contribution in [0.2, 0.25) is 5.02 Å². The predicted octanol–water partition coefficient (Wildman–Crippen LogP) is 6.46. The van der Waals surface area contributed by atoms with E-state index >= 15 is 0 Å². The summed E-state index contributed by atoms with van der Waals surface area (Å²) < 4.78 is 1.15. The fraction of sp³-hybridized carbons (Fsp3) is 0.333. The van der Waals surface area contributed by atoms with Crippen LogP contribution in [0.4, 0.5) is 0 Å². The molecule has 0 heterocycles. The zero-order chi connectivity index (χ0) is 14.7. The van der Waals surface area contributed by atoms with Crippen LogP contribution in [0.3, 0.4) is 0 Å². The molecule has 2 aromatic carbocycles. The topological polar surface area (TPSA) is 0 Å². The second-order valence-corrected chi connectivity index (χ2v) is 6.70. The van der Waals surface area contributed by atoms with Gasteiger partial charge in [-0.05, 0) is 67.0 Å². The number of halogens is 2. The first-order valence-corrected chi connectivity index (χ1v) is 8.19. The third kappa shape index (κ3) is 3.65. The third-order valence-corrected chi connectivity index (χ3v) is 4.88. The Morgan fingerprint density at radius 3 is 2.30 bits per heavy atom. The van der Waals surface area contributed by atoms with E-state index in [1.54, 1.807) is 0 Å². The molecule has 0 amide bonds. The molecule has 0 bridgehead atoms. The summed E-state index contributed by atoms with van der Waals surface area (Å²) in [6.07, 6.45) is 2.20. The molecule has 0 fully saturated rings. The SMILES string of the molecule is CCC(Cc1cccc(Br)c1)c1cc(C)c(Cl)c(C)c1. The van der Waals surface area contributed by atoms with Gasteiger partial charge in [-0.3, -0.25) is 0 Å². The van der Waals surface area contributed by atoms with Gasteiger partial charge in [0.05, 0.1) is 0 Å². The molecule has 0 N–H and O–H groups in total. The predicted molar refractivity (Wildman–Crippen MR) is 91.8 cm³/mol. The second-order valence-electron chi connectivity index (χ2n) is 5.41. The number of hydrogen-bond acceptors (Lipinski definition) is 0. The minimum atomic E-state index is 0.541. The highest BCUT2D eigenvalue weighted by atomic mass is 79.9. The van der Waals surface area contributed by atoms with Gasteiger partial charge in [-0.2, -0.15) is 0 Å². The average molecular weight is 352 g/mol. The standard InChI is InChI=1S/C18H20BrCl/c1-4-15(10-14-6-5-7-17(19)11-14)16-8-12(2)18(20)13(3)9-16/h5-9,11,15H,4,10H2,1-3H3. The van der Waals surface area contributed by atoms with Crippen molar-refractivity contribution in [3.8, 4) is 0 Å². The van der Waals surface area contributed by atoms with E-state index in [4.69, 9.17) is 11.6 Å². The van der Waals surface area contributed by atoms with Gasteiger partial charge in [0, 0.05) is 9.50 Å². The van der Waals surface area contributed by atoms with Crippen molar-refractivity contribution in [3.05, 3.63) is 68.1 Å². The summed E-state index contributed by atoms with van der Waals surface area (Å²) >= 11 is 9.82. The minimum Gasteiger partial charge on any atom is -0.0838 e. The molecule has 106 valence electrons. The second kappa shape index (κ2) is 6.78. The average Bonchev–Trinajstić information content (AvgIpc) is 2.41. The van der Waals surface area contributed by atoms with Crippen molar-refractivity contribution in [2.45, 2.75) is 39.5 Å². The maximum absolute atomic E-state index is 6.27. The molecule has 0 saturated heterocycles. The van der Waals surface area contributed by atoms with Crippen LogP contribution in [-0.2, 0) is 6.42 Å². The number of benzene rings is 2. The summed E-state index contributed by atoms with van der Waals surface area (Å²) in [6.45, 7) is 6.43. The molecule has 2 rings (SSSR count). The molecular formula is C18H20BrCl. The highest BCUT2D eigenvalue weighted by Gasteiger charge is 2.13. The van der Waals surface area contributed by atoms with Crippen LogP contribution in [0.25, 0.3) is 0 Å². The first-order valence-electron chi connectivity index (χ1n) is 7.02. The van der Waals surface area contributed by atoms with E-state index < -0.39 is 0 Å². The molecular weight excluding hydrogens is 332 g/mol. The van der Waals surface area contributed by atoms with E-state index in [1.165, 1.54) is 22.3 Å². The zero-order valence-corrected chi connectivity index (χ0v) is 14.6. The molecule has 0 spiro atoms. The first kappa shape index (κ1) is 15.6. The van der Waals surface area contributed by atoms with Gasteiger partial charge in [0.25, 0.3) is 0 Å². The summed E-state index contributed by atoms with van der Waals surface area (Å²) in [5.74, 6) is 0.541. The molecule has 0 aromatic heterocycles. The van der Waals surface area contributed by atoms with E-state index in [1.807, 2.05) is 0 Å². The summed E-state index contributed by atoms with van der Waals surface area (Å²) in [7, 11) is 0. The molecule has 2 aromatic rings.